The molecule has 3 aliphatic rings. The molecule has 7 rings (SSSR count). The lowest BCUT2D eigenvalue weighted by molar-refractivity contribution is -0.122. The Morgan fingerprint density at radius 2 is 1.60 bits per heavy atom. The highest BCUT2D eigenvalue weighted by atomic mass is 35.5. The summed E-state index contributed by atoms with van der Waals surface area (Å²) in [5, 5.41) is 3.35. The van der Waals surface area contributed by atoms with Crippen molar-refractivity contribution in [3.05, 3.63) is 149 Å². The van der Waals surface area contributed by atoms with Gasteiger partial charge in [0.1, 0.15) is 23.8 Å². The third-order valence-electron chi connectivity index (χ3n) is 8.77. The normalized spacial score (nSPS) is 22.9. The molecule has 1 amide bonds. The Labute approximate surface area is 254 Å². The van der Waals surface area contributed by atoms with Crippen LogP contribution < -0.4 is 10.1 Å². The van der Waals surface area contributed by atoms with Crippen molar-refractivity contribution in [2.75, 3.05) is 11.9 Å². The summed E-state index contributed by atoms with van der Waals surface area (Å²) in [6.45, 7) is 3.92. The minimum atomic E-state index is -1.44. The first-order chi connectivity index (χ1) is 21.0. The summed E-state index contributed by atoms with van der Waals surface area (Å²) >= 11 is 6.59. The smallest absolute Gasteiger partial charge is 0.238 e. The molecule has 3 aliphatic heterocycles. The number of hydrogen-bond donors (Lipinski definition) is 1. The number of Topliss-reactive ketones (excluding diaryl/α,β-unsaturated/α-hetero) is 2. The van der Waals surface area contributed by atoms with Crippen LogP contribution >= 0.6 is 11.6 Å². The van der Waals surface area contributed by atoms with Crippen molar-refractivity contribution in [3.8, 4) is 5.75 Å². The van der Waals surface area contributed by atoms with Crippen LogP contribution in [0.15, 0.2) is 116 Å². The van der Waals surface area contributed by atoms with E-state index in [1.54, 1.807) is 54.6 Å². The highest BCUT2D eigenvalue weighted by Crippen LogP contribution is 2.62. The average molecular weight is 587 g/mol. The van der Waals surface area contributed by atoms with Crippen LogP contribution in [0.3, 0.4) is 0 Å². The van der Waals surface area contributed by atoms with E-state index >= 15 is 4.79 Å². The second-order valence-corrected chi connectivity index (χ2v) is 11.3. The number of nitrogens with zero attached hydrogens (tertiary/aromatic N) is 1. The number of fused-ring (bicyclic) bond motifs is 6. The number of nitrogens with one attached hydrogen (secondary N) is 1. The Kier molecular flexibility index (Phi) is 6.51. The van der Waals surface area contributed by atoms with Gasteiger partial charge in [-0.3, -0.25) is 14.4 Å². The molecule has 0 aliphatic carbocycles. The molecule has 0 bridgehead atoms. The molecule has 4 atom stereocenters. The van der Waals surface area contributed by atoms with Gasteiger partial charge in [-0.1, -0.05) is 91.0 Å². The summed E-state index contributed by atoms with van der Waals surface area (Å²) in [6, 6.07) is 27.3. The highest BCUT2D eigenvalue weighted by Gasteiger charge is 2.71. The van der Waals surface area contributed by atoms with Gasteiger partial charge >= 0.3 is 0 Å². The number of hydrogen-bond acceptors (Lipinski definition) is 5. The van der Waals surface area contributed by atoms with Crippen LogP contribution in [0.5, 0.6) is 5.75 Å². The summed E-state index contributed by atoms with van der Waals surface area (Å²) in [5.41, 5.74) is 2.23. The lowest BCUT2D eigenvalue weighted by Gasteiger charge is -2.38. The fourth-order valence-corrected chi connectivity index (χ4v) is 7.33. The van der Waals surface area contributed by atoms with Gasteiger partial charge in [-0.05, 0) is 53.1 Å². The van der Waals surface area contributed by atoms with Crippen molar-refractivity contribution < 1.29 is 19.1 Å². The second kappa shape index (κ2) is 10.4. The van der Waals surface area contributed by atoms with Gasteiger partial charge in [0, 0.05) is 17.5 Å². The summed E-state index contributed by atoms with van der Waals surface area (Å²) in [4.78, 5) is 46.3. The van der Waals surface area contributed by atoms with E-state index in [4.69, 9.17) is 16.3 Å². The number of rotatable bonds is 7. The van der Waals surface area contributed by atoms with Gasteiger partial charge in [0.2, 0.25) is 5.91 Å². The van der Waals surface area contributed by atoms with Gasteiger partial charge < -0.3 is 15.0 Å². The van der Waals surface area contributed by atoms with Gasteiger partial charge in [0.15, 0.2) is 11.6 Å². The molecule has 1 saturated heterocycles. The van der Waals surface area contributed by atoms with Gasteiger partial charge in [-0.2, -0.15) is 0 Å². The molecular weight excluding hydrogens is 560 g/mol. The Bertz CT molecular complexity index is 1850. The fourth-order valence-electron chi connectivity index (χ4n) is 7.10. The van der Waals surface area contributed by atoms with Crippen LogP contribution in [0.1, 0.15) is 43.4 Å². The van der Waals surface area contributed by atoms with E-state index in [1.807, 2.05) is 65.7 Å². The molecule has 3 heterocycles. The number of benzene rings is 4. The van der Waals surface area contributed by atoms with Crippen LogP contribution in [0.4, 0.5) is 5.69 Å². The molecule has 1 N–H and O–H groups in total. The summed E-state index contributed by atoms with van der Waals surface area (Å²) < 4.78 is 5.92. The Hall–Kier alpha value is -4.94. The molecule has 6 nitrogen and oxygen atoms in total. The zero-order valence-electron chi connectivity index (χ0n) is 23.1. The highest BCUT2D eigenvalue weighted by molar-refractivity contribution is 6.34. The first-order valence-electron chi connectivity index (χ1n) is 14.1. The zero-order valence-corrected chi connectivity index (χ0v) is 23.8. The maximum atomic E-state index is 15.1. The minimum absolute atomic E-state index is 0.191. The quantitative estimate of drug-likeness (QED) is 0.189. The Morgan fingerprint density at radius 1 is 0.907 bits per heavy atom. The van der Waals surface area contributed by atoms with E-state index < -0.39 is 23.4 Å². The molecule has 212 valence electrons. The lowest BCUT2D eigenvalue weighted by atomic mass is 9.62. The SMILES string of the molecule is C=CCOc1ccccc1C(=O)[C@H]1[C@@H](C(=O)c2ccccc2Cl)N2C=Cc3ccccc3[C@@H]2[C@]12C(=O)Nc1ccccc12. The second-order valence-electron chi connectivity index (χ2n) is 10.9. The van der Waals surface area contributed by atoms with E-state index in [9.17, 15) is 9.59 Å². The minimum Gasteiger partial charge on any atom is -0.489 e. The van der Waals surface area contributed by atoms with Crippen molar-refractivity contribution in [2.24, 2.45) is 5.92 Å². The number of para-hydroxylation sites is 2. The van der Waals surface area contributed by atoms with E-state index in [-0.39, 0.29) is 34.7 Å². The largest absolute Gasteiger partial charge is 0.489 e. The maximum absolute atomic E-state index is 15.1. The molecule has 4 aromatic rings. The summed E-state index contributed by atoms with van der Waals surface area (Å²) in [5.74, 6) is -1.80. The van der Waals surface area contributed by atoms with E-state index in [2.05, 4.69) is 11.9 Å². The number of halogens is 1. The Balaban J connectivity index is 1.54. The predicted octanol–water partition coefficient (Wildman–Crippen LogP) is 6.89. The zero-order chi connectivity index (χ0) is 29.7. The van der Waals surface area contributed by atoms with E-state index in [0.717, 1.165) is 11.1 Å². The molecular formula is C36H27ClN2O4. The van der Waals surface area contributed by atoms with Gasteiger partial charge in [0.25, 0.3) is 0 Å². The number of amides is 1. The van der Waals surface area contributed by atoms with Gasteiger partial charge in [-0.15, -0.1) is 0 Å². The van der Waals surface area contributed by atoms with Crippen molar-refractivity contribution in [1.82, 2.24) is 4.90 Å². The molecule has 1 spiro atoms. The van der Waals surface area contributed by atoms with Crippen LogP contribution in [-0.2, 0) is 10.2 Å². The van der Waals surface area contributed by atoms with E-state index in [1.165, 1.54) is 0 Å². The maximum Gasteiger partial charge on any atom is 0.238 e. The van der Waals surface area contributed by atoms with Gasteiger partial charge in [0.05, 0.1) is 22.5 Å². The average Bonchev–Trinajstić information content (AvgIpc) is 3.52. The van der Waals surface area contributed by atoms with Crippen LogP contribution in [-0.4, -0.2) is 35.0 Å². The van der Waals surface area contributed by atoms with Gasteiger partial charge in [-0.25, -0.2) is 0 Å². The number of carbonyl (C=O) groups excluding carboxylic acids is 3. The molecule has 7 heteroatoms. The van der Waals surface area contributed by atoms with Crippen molar-refractivity contribution in [2.45, 2.75) is 17.5 Å². The number of ether oxygens (including phenoxy) is 1. The van der Waals surface area contributed by atoms with Crippen LogP contribution in [0.25, 0.3) is 6.08 Å². The number of carbonyl (C=O) groups is 3. The molecule has 43 heavy (non-hydrogen) atoms. The van der Waals surface area contributed by atoms with Crippen molar-refractivity contribution in [3.63, 3.8) is 0 Å². The van der Waals surface area contributed by atoms with E-state index in [0.29, 0.717) is 22.6 Å². The first kappa shape index (κ1) is 26.9. The summed E-state index contributed by atoms with van der Waals surface area (Å²) in [7, 11) is 0. The molecule has 4 aromatic carbocycles. The fraction of sp³-hybridized carbons (Fsp3) is 0.139. The predicted molar refractivity (Wildman–Crippen MR) is 166 cm³/mol. The Morgan fingerprint density at radius 3 is 2.42 bits per heavy atom. The number of ketones is 2. The van der Waals surface area contributed by atoms with Crippen LogP contribution in [0, 0.1) is 5.92 Å². The lowest BCUT2D eigenvalue weighted by Crippen LogP contribution is -2.49. The molecule has 0 unspecified atom stereocenters. The van der Waals surface area contributed by atoms with Crippen molar-refractivity contribution in [1.29, 1.82) is 0 Å². The molecule has 1 fully saturated rings. The molecule has 0 saturated carbocycles. The first-order valence-corrected chi connectivity index (χ1v) is 14.5. The number of anilines is 1. The summed E-state index contributed by atoms with van der Waals surface area (Å²) in [6.07, 6.45) is 5.37. The molecule has 0 aromatic heterocycles. The van der Waals surface area contributed by atoms with Crippen molar-refractivity contribution >= 4 is 40.8 Å². The topological polar surface area (TPSA) is 75.7 Å². The third kappa shape index (κ3) is 3.90. The van der Waals surface area contributed by atoms with Crippen LogP contribution in [0.2, 0.25) is 5.02 Å². The third-order valence-corrected chi connectivity index (χ3v) is 9.10. The monoisotopic (exact) mass is 586 g/mol. The standard InChI is InChI=1S/C36H27ClN2O4/c1-2-21-43-29-18-10-6-14-25(29)32(40)30-31(33(41)24-13-5-8-16-27(24)37)39-20-19-22-11-3-4-12-23(22)34(39)36(30)26-15-7-9-17-28(26)38-35(36)42/h2-20,30-31,34H,1,21H2,(H,38,42)/t30-,31+,34-,36-/m1/s1. The molecule has 0 radical (unpaired) electrons.